The van der Waals surface area contributed by atoms with Crippen molar-refractivity contribution in [1.29, 1.82) is 0 Å². The van der Waals surface area contributed by atoms with Crippen molar-refractivity contribution in [1.82, 2.24) is 9.62 Å². The van der Waals surface area contributed by atoms with Gasteiger partial charge in [-0.25, -0.2) is 13.1 Å². The van der Waals surface area contributed by atoms with Gasteiger partial charge in [-0.2, -0.15) is 0 Å². The summed E-state index contributed by atoms with van der Waals surface area (Å²) >= 11 is 1.14. The number of piperidine rings is 1. The standard InChI is InChI=1S/C21H19N3O5S2/c25-20-17-12-14(23-31(27,28)19-4-2-10-30-19)7-8-24(17)21(26)15-11-13(5-6-16(15)22-20)18-3-1-9-29-18/h1-6,9-11,14,17,23H,7-8,12H2,(H,22,25). The van der Waals surface area contributed by atoms with Crippen molar-refractivity contribution >= 4 is 38.9 Å². The maximum atomic E-state index is 13.3. The van der Waals surface area contributed by atoms with Crippen LogP contribution in [0.3, 0.4) is 0 Å². The van der Waals surface area contributed by atoms with E-state index in [1.165, 1.54) is 11.0 Å². The lowest BCUT2D eigenvalue weighted by molar-refractivity contribution is -0.121. The number of carbonyl (C=O) groups is 2. The van der Waals surface area contributed by atoms with Crippen LogP contribution >= 0.6 is 11.3 Å². The largest absolute Gasteiger partial charge is 0.464 e. The molecule has 31 heavy (non-hydrogen) atoms. The van der Waals surface area contributed by atoms with Gasteiger partial charge in [0.25, 0.3) is 5.91 Å². The van der Waals surface area contributed by atoms with E-state index in [-0.39, 0.29) is 29.0 Å². The van der Waals surface area contributed by atoms with Gasteiger partial charge in [0, 0.05) is 18.2 Å². The highest BCUT2D eigenvalue weighted by atomic mass is 32.2. The number of amides is 2. The normalized spacial score (nSPS) is 21.2. The molecule has 0 radical (unpaired) electrons. The summed E-state index contributed by atoms with van der Waals surface area (Å²) in [5, 5.41) is 4.53. The second kappa shape index (κ2) is 7.63. The highest BCUT2D eigenvalue weighted by molar-refractivity contribution is 7.91. The van der Waals surface area contributed by atoms with Crippen LogP contribution in [-0.2, 0) is 14.8 Å². The van der Waals surface area contributed by atoms with Crippen LogP contribution < -0.4 is 10.0 Å². The minimum atomic E-state index is -3.66. The monoisotopic (exact) mass is 457 g/mol. The summed E-state index contributed by atoms with van der Waals surface area (Å²) in [7, 11) is -3.66. The number of anilines is 1. The van der Waals surface area contributed by atoms with Gasteiger partial charge in [-0.05, 0) is 54.6 Å². The molecule has 2 aliphatic heterocycles. The molecule has 0 saturated carbocycles. The maximum absolute atomic E-state index is 13.3. The Morgan fingerprint density at radius 3 is 2.77 bits per heavy atom. The number of fused-ring (bicyclic) bond motifs is 2. The van der Waals surface area contributed by atoms with Crippen molar-refractivity contribution in [3.63, 3.8) is 0 Å². The molecule has 10 heteroatoms. The molecule has 4 heterocycles. The predicted octanol–water partition coefficient (Wildman–Crippen LogP) is 2.91. The van der Waals surface area contributed by atoms with Crippen LogP contribution in [0.15, 0.2) is 62.7 Å². The molecule has 5 rings (SSSR count). The molecule has 160 valence electrons. The van der Waals surface area contributed by atoms with E-state index in [4.69, 9.17) is 4.42 Å². The van der Waals surface area contributed by atoms with E-state index in [0.29, 0.717) is 23.4 Å². The number of sulfonamides is 1. The van der Waals surface area contributed by atoms with Crippen molar-refractivity contribution in [2.24, 2.45) is 0 Å². The van der Waals surface area contributed by atoms with Gasteiger partial charge >= 0.3 is 0 Å². The summed E-state index contributed by atoms with van der Waals surface area (Å²) < 4.78 is 33.5. The van der Waals surface area contributed by atoms with Gasteiger partial charge in [-0.1, -0.05) is 6.07 Å². The fraction of sp³-hybridized carbons (Fsp3) is 0.238. The lowest BCUT2D eigenvalue weighted by Gasteiger charge is -2.37. The highest BCUT2D eigenvalue weighted by Crippen LogP contribution is 2.32. The zero-order valence-electron chi connectivity index (χ0n) is 16.3. The number of rotatable bonds is 4. The minimum absolute atomic E-state index is 0.210. The van der Waals surface area contributed by atoms with Crippen molar-refractivity contribution < 1.29 is 22.4 Å². The van der Waals surface area contributed by atoms with Crippen molar-refractivity contribution in [3.8, 4) is 11.3 Å². The molecule has 1 aromatic carbocycles. The molecule has 2 aliphatic rings. The minimum Gasteiger partial charge on any atom is -0.464 e. The zero-order chi connectivity index (χ0) is 21.6. The molecule has 3 aromatic rings. The van der Waals surface area contributed by atoms with Crippen LogP contribution in [0.2, 0.25) is 0 Å². The Morgan fingerprint density at radius 1 is 1.16 bits per heavy atom. The fourth-order valence-electron chi connectivity index (χ4n) is 4.05. The van der Waals surface area contributed by atoms with E-state index in [9.17, 15) is 18.0 Å². The number of hydrogen-bond acceptors (Lipinski definition) is 6. The SMILES string of the molecule is O=C1Nc2ccc(-c3ccco3)cc2C(=O)N2CCC(NS(=O)(=O)c3cccs3)CC12. The summed E-state index contributed by atoms with van der Waals surface area (Å²) in [4.78, 5) is 27.7. The lowest BCUT2D eigenvalue weighted by Crippen LogP contribution is -2.54. The van der Waals surface area contributed by atoms with Crippen LogP contribution in [0.4, 0.5) is 5.69 Å². The molecule has 8 nitrogen and oxygen atoms in total. The summed E-state index contributed by atoms with van der Waals surface area (Å²) in [5.74, 6) is 0.0496. The van der Waals surface area contributed by atoms with Crippen molar-refractivity contribution in [2.75, 3.05) is 11.9 Å². The average molecular weight is 458 g/mol. The molecule has 2 aromatic heterocycles. The van der Waals surface area contributed by atoms with Crippen LogP contribution in [0.1, 0.15) is 23.2 Å². The van der Waals surface area contributed by atoms with Crippen LogP contribution in [0.5, 0.6) is 0 Å². The van der Waals surface area contributed by atoms with Gasteiger partial charge in [-0.3, -0.25) is 9.59 Å². The van der Waals surface area contributed by atoms with Crippen LogP contribution in [0.25, 0.3) is 11.3 Å². The molecular formula is C21H19N3O5S2. The first-order valence-electron chi connectivity index (χ1n) is 9.78. The van der Waals surface area contributed by atoms with E-state index < -0.39 is 22.1 Å². The number of nitrogens with one attached hydrogen (secondary N) is 2. The summed E-state index contributed by atoms with van der Waals surface area (Å²) in [5.41, 5.74) is 1.57. The smallest absolute Gasteiger partial charge is 0.256 e. The molecule has 2 atom stereocenters. The van der Waals surface area contributed by atoms with Gasteiger partial charge < -0.3 is 14.6 Å². The van der Waals surface area contributed by atoms with E-state index in [1.54, 1.807) is 48.0 Å². The Labute approximate surface area is 182 Å². The first kappa shape index (κ1) is 20.0. The van der Waals surface area contributed by atoms with Crippen molar-refractivity contribution in [2.45, 2.75) is 29.1 Å². The molecule has 2 unspecified atom stereocenters. The molecule has 2 N–H and O–H groups in total. The maximum Gasteiger partial charge on any atom is 0.256 e. The van der Waals surface area contributed by atoms with E-state index in [2.05, 4.69) is 10.0 Å². The zero-order valence-corrected chi connectivity index (χ0v) is 17.9. The Morgan fingerprint density at radius 2 is 2.03 bits per heavy atom. The van der Waals surface area contributed by atoms with Crippen LogP contribution in [0, 0.1) is 0 Å². The average Bonchev–Trinajstić information content (AvgIpc) is 3.46. The number of thiophene rings is 1. The lowest BCUT2D eigenvalue weighted by atomic mass is 9.97. The fourth-order valence-corrected chi connectivity index (χ4v) is 6.35. The van der Waals surface area contributed by atoms with Gasteiger partial charge in [0.1, 0.15) is 16.0 Å². The first-order chi connectivity index (χ1) is 14.9. The third-order valence-electron chi connectivity index (χ3n) is 5.56. The second-order valence-corrected chi connectivity index (χ2v) is 10.4. The molecule has 1 saturated heterocycles. The molecule has 0 spiro atoms. The number of hydrogen-bond donors (Lipinski definition) is 2. The first-order valence-corrected chi connectivity index (χ1v) is 12.1. The number of benzene rings is 1. The van der Waals surface area contributed by atoms with Gasteiger partial charge in [0.2, 0.25) is 15.9 Å². The third kappa shape index (κ3) is 3.67. The summed E-state index contributed by atoms with van der Waals surface area (Å²) in [6.45, 7) is 0.277. The Bertz CT molecular complexity index is 1240. The third-order valence-corrected chi connectivity index (χ3v) is 8.48. The van der Waals surface area contributed by atoms with Crippen molar-refractivity contribution in [3.05, 3.63) is 59.7 Å². The number of furan rings is 1. The number of carbonyl (C=O) groups excluding carboxylic acids is 2. The van der Waals surface area contributed by atoms with Gasteiger partial charge in [0.05, 0.1) is 17.5 Å². The van der Waals surface area contributed by atoms with E-state index >= 15 is 0 Å². The quantitative estimate of drug-likeness (QED) is 0.626. The molecule has 1 fully saturated rings. The topological polar surface area (TPSA) is 109 Å². The Balaban J connectivity index is 1.40. The molecule has 0 aliphatic carbocycles. The van der Waals surface area contributed by atoms with E-state index in [0.717, 1.165) is 16.9 Å². The molecule has 0 bridgehead atoms. The molecular weight excluding hydrogens is 438 g/mol. The predicted molar refractivity (Wildman–Crippen MR) is 115 cm³/mol. The summed E-state index contributed by atoms with van der Waals surface area (Å²) in [6, 6.07) is 10.8. The Hall–Kier alpha value is -2.95. The highest BCUT2D eigenvalue weighted by Gasteiger charge is 2.41. The Kier molecular flexibility index (Phi) is 4.92. The van der Waals surface area contributed by atoms with Crippen LogP contribution in [-0.4, -0.2) is 43.8 Å². The second-order valence-electron chi connectivity index (χ2n) is 7.52. The summed E-state index contributed by atoms with van der Waals surface area (Å²) in [6.07, 6.45) is 2.19. The van der Waals surface area contributed by atoms with Gasteiger partial charge in [0.15, 0.2) is 0 Å². The molecule has 2 amide bonds. The number of nitrogens with zero attached hydrogens (tertiary/aromatic N) is 1. The van der Waals surface area contributed by atoms with Gasteiger partial charge in [-0.15, -0.1) is 11.3 Å². The van der Waals surface area contributed by atoms with E-state index in [1.807, 2.05) is 0 Å².